The van der Waals surface area contributed by atoms with E-state index in [0.29, 0.717) is 24.6 Å². The van der Waals surface area contributed by atoms with E-state index in [1.54, 1.807) is 24.3 Å². The van der Waals surface area contributed by atoms with E-state index in [0.717, 1.165) is 24.3 Å². The van der Waals surface area contributed by atoms with E-state index < -0.39 is 11.8 Å². The maximum Gasteiger partial charge on any atom is 0.270 e. The van der Waals surface area contributed by atoms with Gasteiger partial charge in [0.2, 0.25) is 0 Å². The third-order valence-corrected chi connectivity index (χ3v) is 7.43. The van der Waals surface area contributed by atoms with Crippen LogP contribution in [0, 0.1) is 0 Å². The highest BCUT2D eigenvalue weighted by atomic mass is 35.5. The van der Waals surface area contributed by atoms with E-state index >= 15 is 0 Å². The molecule has 3 aromatic rings. The zero-order valence-electron chi connectivity index (χ0n) is 20.2. The van der Waals surface area contributed by atoms with Crippen LogP contribution in [0.1, 0.15) is 5.56 Å². The average Bonchev–Trinajstić information content (AvgIpc) is 2.94. The highest BCUT2D eigenvalue weighted by Crippen LogP contribution is 2.37. The molecule has 0 spiro atoms. The summed E-state index contributed by atoms with van der Waals surface area (Å²) in [6, 6.07) is 22.0. The number of halogens is 2. The van der Waals surface area contributed by atoms with Gasteiger partial charge in [-0.2, -0.15) is 0 Å². The van der Waals surface area contributed by atoms with Gasteiger partial charge in [0.25, 0.3) is 11.8 Å². The molecule has 0 N–H and O–H groups in total. The second kappa shape index (κ2) is 11.5. The lowest BCUT2D eigenvalue weighted by Gasteiger charge is -2.37. The van der Waals surface area contributed by atoms with E-state index in [4.69, 9.17) is 40.2 Å². The molecule has 2 saturated heterocycles. The number of hydrogen-bond donors (Lipinski definition) is 0. The van der Waals surface area contributed by atoms with Gasteiger partial charge in [-0.15, -0.1) is 0 Å². The van der Waals surface area contributed by atoms with Gasteiger partial charge in [-0.05, 0) is 60.3 Å². The molecule has 0 aromatic heterocycles. The quantitative estimate of drug-likeness (QED) is 0.212. The summed E-state index contributed by atoms with van der Waals surface area (Å²) in [6.45, 7) is 2.91. The van der Waals surface area contributed by atoms with Crippen LogP contribution in [-0.2, 0) is 14.3 Å². The summed E-state index contributed by atoms with van der Waals surface area (Å²) in [7, 11) is 0. The predicted octanol–water partition coefficient (Wildman–Crippen LogP) is 6.13. The normalized spacial score (nSPS) is 17.7. The molecule has 0 aliphatic carbocycles. The van der Waals surface area contributed by atoms with Crippen LogP contribution in [0.15, 0.2) is 90.5 Å². The predicted molar refractivity (Wildman–Crippen MR) is 157 cm³/mol. The average molecular weight is 564 g/mol. The molecule has 2 amide bonds. The molecule has 0 radical (unpaired) electrons. The number of allylic oxidation sites excluding steroid dienone is 2. The molecule has 9 heteroatoms. The Morgan fingerprint density at radius 1 is 0.789 bits per heavy atom. The van der Waals surface area contributed by atoms with Gasteiger partial charge in [0.15, 0.2) is 5.11 Å². The highest BCUT2D eigenvalue weighted by molar-refractivity contribution is 7.81. The Morgan fingerprint density at radius 3 is 2.16 bits per heavy atom. The molecule has 5 rings (SSSR count). The minimum absolute atomic E-state index is 0.00696. The maximum absolute atomic E-state index is 13.7. The van der Waals surface area contributed by atoms with Crippen molar-refractivity contribution in [2.45, 2.75) is 0 Å². The Kier molecular flexibility index (Phi) is 7.90. The van der Waals surface area contributed by atoms with E-state index in [9.17, 15) is 9.59 Å². The number of hydrogen-bond acceptors (Lipinski definition) is 5. The summed E-state index contributed by atoms with van der Waals surface area (Å²) in [5.74, 6) is -1.10. The van der Waals surface area contributed by atoms with Gasteiger partial charge in [0.1, 0.15) is 5.57 Å². The number of ether oxygens (including phenoxy) is 1. The Bertz CT molecular complexity index is 1440. The Labute approximate surface area is 236 Å². The first kappa shape index (κ1) is 26.1. The topological polar surface area (TPSA) is 53.1 Å². The van der Waals surface area contributed by atoms with Crippen molar-refractivity contribution in [3.8, 4) is 0 Å². The van der Waals surface area contributed by atoms with Crippen LogP contribution in [0.4, 0.5) is 17.1 Å². The number of carbonyl (C=O) groups is 2. The van der Waals surface area contributed by atoms with E-state index in [2.05, 4.69) is 4.90 Å². The molecule has 2 aliphatic rings. The summed E-state index contributed by atoms with van der Waals surface area (Å²) in [4.78, 5) is 32.2. The van der Waals surface area contributed by atoms with Crippen LogP contribution < -0.4 is 14.7 Å². The number of benzene rings is 3. The van der Waals surface area contributed by atoms with Crippen molar-refractivity contribution in [3.05, 3.63) is 106 Å². The monoisotopic (exact) mass is 563 g/mol. The third-order valence-electron chi connectivity index (χ3n) is 6.26. The van der Waals surface area contributed by atoms with Crippen LogP contribution in [-0.4, -0.2) is 43.2 Å². The molecule has 0 unspecified atom stereocenters. The zero-order chi connectivity index (χ0) is 26.6. The molecule has 0 bridgehead atoms. The molecular weight excluding hydrogens is 541 g/mol. The summed E-state index contributed by atoms with van der Waals surface area (Å²) in [5.41, 5.74) is 2.72. The molecule has 2 aliphatic heterocycles. The molecule has 2 heterocycles. The summed E-state index contributed by atoms with van der Waals surface area (Å²) in [6.07, 6.45) is 4.99. The van der Waals surface area contributed by atoms with Crippen LogP contribution in [0.5, 0.6) is 0 Å². The van der Waals surface area contributed by atoms with Crippen molar-refractivity contribution in [2.24, 2.45) is 0 Å². The fraction of sp³-hybridized carbons (Fsp3) is 0.138. The molecular formula is C29H23Cl2N3O3S. The fourth-order valence-electron chi connectivity index (χ4n) is 4.31. The largest absolute Gasteiger partial charge is 0.378 e. The first-order chi connectivity index (χ1) is 18.5. The lowest BCUT2D eigenvalue weighted by atomic mass is 10.1. The second-order valence-corrected chi connectivity index (χ2v) is 9.75. The SMILES string of the molecule is O=C1/C(=C/C=C/c2ccccc2)C(=O)N(c2cccc(Cl)c2Cl)C(=S)N1c1ccc(N2CCOCC2)cc1. The summed E-state index contributed by atoms with van der Waals surface area (Å²) < 4.78 is 5.44. The van der Waals surface area contributed by atoms with Crippen LogP contribution >= 0.6 is 35.4 Å². The van der Waals surface area contributed by atoms with Crippen molar-refractivity contribution >= 4 is 75.5 Å². The van der Waals surface area contributed by atoms with E-state index in [-0.39, 0.29) is 20.7 Å². The Balaban J connectivity index is 1.54. The van der Waals surface area contributed by atoms with Gasteiger partial charge >= 0.3 is 0 Å². The van der Waals surface area contributed by atoms with Crippen LogP contribution in [0.25, 0.3) is 6.08 Å². The molecule has 3 aromatic carbocycles. The van der Waals surface area contributed by atoms with Gasteiger partial charge in [0, 0.05) is 18.8 Å². The standard InChI is InChI=1S/C29H23Cl2N3O3S/c30-24-10-5-11-25(26(24)31)34-28(36)23(9-4-8-20-6-2-1-3-7-20)27(35)33(29(34)38)22-14-12-21(13-15-22)32-16-18-37-19-17-32/h1-15H,16-19H2/b8-4+,23-9-. The minimum atomic E-state index is -0.580. The summed E-state index contributed by atoms with van der Waals surface area (Å²) in [5, 5.41) is 0.432. The second-order valence-electron chi connectivity index (χ2n) is 8.60. The Hall–Kier alpha value is -3.49. The fourth-order valence-corrected chi connectivity index (χ4v) is 5.06. The van der Waals surface area contributed by atoms with Gasteiger partial charge in [-0.3, -0.25) is 19.4 Å². The maximum atomic E-state index is 13.7. The number of rotatable bonds is 5. The highest BCUT2D eigenvalue weighted by Gasteiger charge is 2.41. The molecule has 0 atom stereocenters. The first-order valence-corrected chi connectivity index (χ1v) is 13.1. The minimum Gasteiger partial charge on any atom is -0.378 e. The molecule has 38 heavy (non-hydrogen) atoms. The zero-order valence-corrected chi connectivity index (χ0v) is 22.5. The van der Waals surface area contributed by atoms with Crippen molar-refractivity contribution in [3.63, 3.8) is 0 Å². The lowest BCUT2D eigenvalue weighted by Crippen LogP contribution is -2.57. The number of morpholine rings is 1. The van der Waals surface area contributed by atoms with Crippen LogP contribution in [0.3, 0.4) is 0 Å². The van der Waals surface area contributed by atoms with Crippen molar-refractivity contribution < 1.29 is 14.3 Å². The van der Waals surface area contributed by atoms with Crippen molar-refractivity contribution in [1.82, 2.24) is 0 Å². The summed E-state index contributed by atoms with van der Waals surface area (Å²) >= 11 is 18.5. The van der Waals surface area contributed by atoms with Gasteiger partial charge in [-0.1, -0.05) is 71.8 Å². The van der Waals surface area contributed by atoms with Crippen molar-refractivity contribution in [2.75, 3.05) is 41.0 Å². The van der Waals surface area contributed by atoms with Gasteiger partial charge in [0.05, 0.1) is 34.6 Å². The lowest BCUT2D eigenvalue weighted by molar-refractivity contribution is -0.120. The first-order valence-electron chi connectivity index (χ1n) is 12.0. The molecule has 192 valence electrons. The smallest absolute Gasteiger partial charge is 0.270 e. The van der Waals surface area contributed by atoms with E-state index in [1.165, 1.54) is 15.9 Å². The van der Waals surface area contributed by atoms with Gasteiger partial charge in [-0.25, -0.2) is 0 Å². The van der Waals surface area contributed by atoms with Crippen LogP contribution in [0.2, 0.25) is 10.0 Å². The van der Waals surface area contributed by atoms with Crippen molar-refractivity contribution in [1.29, 1.82) is 0 Å². The Morgan fingerprint density at radius 2 is 1.45 bits per heavy atom. The molecule has 2 fully saturated rings. The number of carbonyl (C=O) groups excluding carboxylic acids is 2. The molecule has 6 nitrogen and oxygen atoms in total. The number of nitrogens with zero attached hydrogens (tertiary/aromatic N) is 3. The third kappa shape index (κ3) is 5.24. The molecule has 0 saturated carbocycles. The van der Waals surface area contributed by atoms with Gasteiger partial charge < -0.3 is 9.64 Å². The van der Waals surface area contributed by atoms with E-state index in [1.807, 2.05) is 60.7 Å². The number of anilines is 3. The number of amides is 2. The number of thiocarbonyl (C=S) groups is 1.